The predicted octanol–water partition coefficient (Wildman–Crippen LogP) is 2.88. The normalized spacial score (nSPS) is 29.5. The Bertz CT molecular complexity index is 839. The van der Waals surface area contributed by atoms with Crippen molar-refractivity contribution in [1.29, 1.82) is 0 Å². The number of imide groups is 1. The summed E-state index contributed by atoms with van der Waals surface area (Å²) >= 11 is 0. The Hall–Kier alpha value is -2.48. The van der Waals surface area contributed by atoms with Crippen LogP contribution < -0.4 is 16.0 Å². The van der Waals surface area contributed by atoms with Gasteiger partial charge in [-0.2, -0.15) is 0 Å². The van der Waals surface area contributed by atoms with E-state index in [0.717, 1.165) is 19.3 Å². The van der Waals surface area contributed by atoms with Gasteiger partial charge in [0.05, 0.1) is 12.6 Å². The van der Waals surface area contributed by atoms with Crippen molar-refractivity contribution in [2.24, 2.45) is 17.8 Å². The highest BCUT2D eigenvalue weighted by molar-refractivity contribution is 5.98. The molecular formula is C23H31FN4O3. The second-order valence-corrected chi connectivity index (χ2v) is 9.79. The maximum absolute atomic E-state index is 13.3. The fourth-order valence-electron chi connectivity index (χ4n) is 6.08. The van der Waals surface area contributed by atoms with E-state index < -0.39 is 23.8 Å². The topological polar surface area (TPSA) is 90.5 Å². The molecule has 5 rings (SSSR count). The number of hydrogen-bond acceptors (Lipinski definition) is 4. The molecule has 1 atom stereocenters. The maximum Gasteiger partial charge on any atom is 0.321 e. The Labute approximate surface area is 182 Å². The van der Waals surface area contributed by atoms with Crippen molar-refractivity contribution in [3.8, 4) is 0 Å². The van der Waals surface area contributed by atoms with E-state index in [4.69, 9.17) is 0 Å². The van der Waals surface area contributed by atoms with Crippen LogP contribution in [0.3, 0.4) is 0 Å². The number of anilines is 1. The van der Waals surface area contributed by atoms with Crippen molar-refractivity contribution >= 4 is 23.5 Å². The highest BCUT2D eigenvalue weighted by atomic mass is 19.1. The van der Waals surface area contributed by atoms with Crippen molar-refractivity contribution in [2.45, 2.75) is 57.0 Å². The van der Waals surface area contributed by atoms with Crippen LogP contribution in [-0.2, 0) is 9.59 Å². The van der Waals surface area contributed by atoms with Gasteiger partial charge in [0.15, 0.2) is 0 Å². The lowest BCUT2D eigenvalue weighted by Crippen LogP contribution is -2.62. The van der Waals surface area contributed by atoms with Gasteiger partial charge in [0.1, 0.15) is 5.82 Å². The van der Waals surface area contributed by atoms with Gasteiger partial charge in [-0.3, -0.25) is 19.8 Å². The molecule has 0 spiro atoms. The summed E-state index contributed by atoms with van der Waals surface area (Å²) in [4.78, 5) is 38.9. The van der Waals surface area contributed by atoms with Crippen molar-refractivity contribution in [3.63, 3.8) is 0 Å². The van der Waals surface area contributed by atoms with Crippen LogP contribution in [0.1, 0.15) is 45.4 Å². The van der Waals surface area contributed by atoms with Gasteiger partial charge in [-0.25, -0.2) is 9.18 Å². The summed E-state index contributed by atoms with van der Waals surface area (Å²) in [5, 5.41) is 8.18. The summed E-state index contributed by atoms with van der Waals surface area (Å²) in [6.07, 6.45) is 6.87. The fraction of sp³-hybridized carbons (Fsp3) is 0.609. The van der Waals surface area contributed by atoms with Crippen LogP contribution in [0.25, 0.3) is 0 Å². The van der Waals surface area contributed by atoms with Crippen LogP contribution in [0, 0.1) is 23.6 Å². The Morgan fingerprint density at radius 2 is 1.74 bits per heavy atom. The summed E-state index contributed by atoms with van der Waals surface area (Å²) in [7, 11) is 1.63. The Morgan fingerprint density at radius 1 is 1.13 bits per heavy atom. The van der Waals surface area contributed by atoms with Crippen molar-refractivity contribution in [1.82, 2.24) is 15.5 Å². The minimum absolute atomic E-state index is 0.0678. The monoisotopic (exact) mass is 430 g/mol. The Kier molecular flexibility index (Phi) is 6.01. The summed E-state index contributed by atoms with van der Waals surface area (Å²) < 4.78 is 13.3. The molecule has 0 unspecified atom stereocenters. The van der Waals surface area contributed by atoms with Crippen LogP contribution >= 0.6 is 0 Å². The van der Waals surface area contributed by atoms with Crippen molar-refractivity contribution < 1.29 is 18.8 Å². The summed E-state index contributed by atoms with van der Waals surface area (Å²) in [6, 6.07) is 4.49. The molecule has 3 N–H and O–H groups in total. The van der Waals surface area contributed by atoms with E-state index >= 15 is 0 Å². The van der Waals surface area contributed by atoms with Crippen LogP contribution in [0.2, 0.25) is 0 Å². The third-order valence-electron chi connectivity index (χ3n) is 7.20. The molecule has 7 nitrogen and oxygen atoms in total. The number of amides is 4. The minimum Gasteiger partial charge on any atom is -0.332 e. The first-order chi connectivity index (χ1) is 14.7. The number of hydrogen-bond donors (Lipinski definition) is 3. The standard InChI is InChI=1S/C23H31FN4O3/c1-14(28(2)13-20(29)25-19-5-3-4-18(24)9-19)21(30)26-22(31)27-23-10-15-6-16(11-23)8-17(7-15)12-23/h3-5,9,14-17H,6-8,10-13H2,1-2H3,(H,25,29)(H2,26,27,30,31)/t14-,15?,16?,17?,23?/m1/s1. The maximum atomic E-state index is 13.3. The van der Waals surface area contributed by atoms with E-state index in [1.54, 1.807) is 24.9 Å². The Balaban J connectivity index is 1.26. The quantitative estimate of drug-likeness (QED) is 0.647. The molecule has 0 radical (unpaired) electrons. The number of nitrogens with one attached hydrogen (secondary N) is 3. The molecule has 1 aromatic rings. The third kappa shape index (κ3) is 5.06. The zero-order valence-corrected chi connectivity index (χ0v) is 18.1. The van der Waals surface area contributed by atoms with Gasteiger partial charge in [0.2, 0.25) is 11.8 Å². The largest absolute Gasteiger partial charge is 0.332 e. The smallest absolute Gasteiger partial charge is 0.321 e. The Morgan fingerprint density at radius 3 is 2.32 bits per heavy atom. The molecule has 0 heterocycles. The molecule has 0 aliphatic heterocycles. The van der Waals surface area contributed by atoms with Gasteiger partial charge in [-0.15, -0.1) is 0 Å². The summed E-state index contributed by atoms with van der Waals surface area (Å²) in [6.45, 7) is 1.57. The van der Waals surface area contributed by atoms with Gasteiger partial charge >= 0.3 is 6.03 Å². The number of benzene rings is 1. The molecule has 0 saturated heterocycles. The van der Waals surface area contributed by atoms with Gasteiger partial charge < -0.3 is 10.6 Å². The van der Waals surface area contributed by atoms with E-state index in [0.29, 0.717) is 23.4 Å². The lowest BCUT2D eigenvalue weighted by atomic mass is 9.53. The van der Waals surface area contributed by atoms with E-state index in [1.807, 2.05) is 0 Å². The molecule has 168 valence electrons. The highest BCUT2D eigenvalue weighted by Crippen LogP contribution is 2.55. The van der Waals surface area contributed by atoms with E-state index in [2.05, 4.69) is 16.0 Å². The first-order valence-corrected chi connectivity index (χ1v) is 11.1. The number of rotatable bonds is 6. The molecule has 4 fully saturated rings. The first kappa shape index (κ1) is 21.7. The molecule has 8 heteroatoms. The third-order valence-corrected chi connectivity index (χ3v) is 7.20. The SMILES string of the molecule is C[C@H](C(=O)NC(=O)NC12CC3CC(CC(C3)C1)C2)N(C)CC(=O)Nc1cccc(F)c1. The zero-order valence-electron chi connectivity index (χ0n) is 18.1. The van der Waals surface area contributed by atoms with Crippen LogP contribution in [0.5, 0.6) is 0 Å². The molecule has 1 aromatic carbocycles. The van der Waals surface area contributed by atoms with Gasteiger partial charge in [0.25, 0.3) is 0 Å². The number of urea groups is 1. The number of carbonyl (C=O) groups excluding carboxylic acids is 3. The van der Waals surface area contributed by atoms with E-state index in [-0.39, 0.29) is 18.0 Å². The summed E-state index contributed by atoms with van der Waals surface area (Å²) in [5.74, 6) is 0.828. The summed E-state index contributed by atoms with van der Waals surface area (Å²) in [5.41, 5.74) is 0.185. The first-order valence-electron chi connectivity index (χ1n) is 11.1. The number of halogens is 1. The highest BCUT2D eigenvalue weighted by Gasteiger charge is 2.51. The van der Waals surface area contributed by atoms with Crippen LogP contribution in [0.15, 0.2) is 24.3 Å². The lowest BCUT2D eigenvalue weighted by Gasteiger charge is -2.56. The van der Waals surface area contributed by atoms with Crippen LogP contribution in [-0.4, -0.2) is 47.9 Å². The van der Waals surface area contributed by atoms with E-state index in [1.165, 1.54) is 37.5 Å². The molecule has 0 aromatic heterocycles. The molecule has 4 bridgehead atoms. The zero-order chi connectivity index (χ0) is 22.2. The lowest BCUT2D eigenvalue weighted by molar-refractivity contribution is -0.125. The molecule has 4 amide bonds. The average Bonchev–Trinajstić information content (AvgIpc) is 2.65. The fourth-order valence-corrected chi connectivity index (χ4v) is 6.08. The molecule has 4 aliphatic rings. The molecule has 31 heavy (non-hydrogen) atoms. The molecule has 4 saturated carbocycles. The van der Waals surface area contributed by atoms with Gasteiger partial charge in [-0.05, 0) is 88.4 Å². The van der Waals surface area contributed by atoms with Crippen LogP contribution in [0.4, 0.5) is 14.9 Å². The second-order valence-electron chi connectivity index (χ2n) is 9.79. The van der Waals surface area contributed by atoms with Crippen molar-refractivity contribution in [3.05, 3.63) is 30.1 Å². The second kappa shape index (κ2) is 8.57. The van der Waals surface area contributed by atoms with E-state index in [9.17, 15) is 18.8 Å². The predicted molar refractivity (Wildman–Crippen MR) is 115 cm³/mol. The van der Waals surface area contributed by atoms with Gasteiger partial charge in [0, 0.05) is 11.2 Å². The van der Waals surface area contributed by atoms with Gasteiger partial charge in [-0.1, -0.05) is 6.07 Å². The van der Waals surface area contributed by atoms with Crippen molar-refractivity contribution in [2.75, 3.05) is 18.9 Å². The molecular weight excluding hydrogens is 399 g/mol. The minimum atomic E-state index is -0.680. The number of nitrogens with zero attached hydrogens (tertiary/aromatic N) is 1. The molecule has 4 aliphatic carbocycles. The number of carbonyl (C=O) groups is 3. The number of likely N-dealkylation sites (N-methyl/N-ethyl adjacent to an activating group) is 1. The average molecular weight is 431 g/mol.